The first-order valence-corrected chi connectivity index (χ1v) is 7.30. The van der Waals surface area contributed by atoms with Gasteiger partial charge in [-0.3, -0.25) is 0 Å². The number of carbonyl (C=O) groups is 1. The number of methoxy groups -OCH3 is 1. The number of fused-ring (bicyclic) bond motifs is 1. The van der Waals surface area contributed by atoms with Crippen molar-refractivity contribution in [1.29, 1.82) is 0 Å². The van der Waals surface area contributed by atoms with E-state index in [-0.39, 0.29) is 0 Å². The summed E-state index contributed by atoms with van der Waals surface area (Å²) in [4.78, 5) is 16.7. The van der Waals surface area contributed by atoms with Crippen molar-refractivity contribution in [3.63, 3.8) is 0 Å². The van der Waals surface area contributed by atoms with E-state index >= 15 is 0 Å². The quantitative estimate of drug-likeness (QED) is 0.787. The summed E-state index contributed by atoms with van der Waals surface area (Å²) >= 11 is 4.74. The van der Waals surface area contributed by atoms with Crippen LogP contribution >= 0.6 is 27.3 Å². The van der Waals surface area contributed by atoms with E-state index in [1.165, 1.54) is 18.4 Å². The summed E-state index contributed by atoms with van der Waals surface area (Å²) in [5.74, 6) is 0.501. The molecule has 0 amide bonds. The third-order valence-electron chi connectivity index (χ3n) is 2.93. The number of aromatic nitrogens is 1. The fourth-order valence-electron chi connectivity index (χ4n) is 2.05. The fourth-order valence-corrected chi connectivity index (χ4v) is 3.49. The molecule has 2 aromatic rings. The van der Waals surface area contributed by atoms with E-state index in [2.05, 4.69) is 27.0 Å². The molecule has 0 bridgehead atoms. The summed E-state index contributed by atoms with van der Waals surface area (Å²) in [6, 6.07) is 5.93. The fraction of sp³-hybridized carbons (Fsp3) is 0.231. The van der Waals surface area contributed by atoms with Crippen molar-refractivity contribution in [1.82, 2.24) is 4.98 Å². The van der Waals surface area contributed by atoms with Gasteiger partial charge in [-0.1, -0.05) is 0 Å². The molecule has 19 heavy (non-hydrogen) atoms. The number of halogens is 1. The lowest BCUT2D eigenvalue weighted by Crippen LogP contribution is -2.03. The summed E-state index contributed by atoms with van der Waals surface area (Å²) in [5.41, 5.74) is 2.48. The minimum atomic E-state index is -0.423. The molecule has 0 saturated heterocycles. The first-order chi connectivity index (χ1) is 9.19. The highest BCUT2D eigenvalue weighted by molar-refractivity contribution is 9.11. The van der Waals surface area contributed by atoms with Gasteiger partial charge in [-0.25, -0.2) is 9.78 Å². The van der Waals surface area contributed by atoms with Crippen molar-refractivity contribution in [2.75, 3.05) is 13.7 Å². The highest BCUT2D eigenvalue weighted by Gasteiger charge is 2.21. The molecular formula is C13H10BrNO3S. The number of esters is 1. The number of ether oxygens (including phenoxy) is 2. The minimum absolute atomic E-state index is 0.346. The molecule has 0 saturated carbocycles. The van der Waals surface area contributed by atoms with E-state index in [4.69, 9.17) is 9.47 Å². The van der Waals surface area contributed by atoms with Crippen LogP contribution in [0.15, 0.2) is 22.1 Å². The number of nitrogens with zero attached hydrogens (tertiary/aromatic N) is 1. The molecule has 0 aliphatic carbocycles. The van der Waals surface area contributed by atoms with Crippen LogP contribution in [0, 0.1) is 0 Å². The number of benzene rings is 1. The lowest BCUT2D eigenvalue weighted by molar-refractivity contribution is 0.0595. The predicted octanol–water partition coefficient (Wildman–Crippen LogP) is 3.29. The molecule has 1 aliphatic rings. The molecule has 4 nitrogen and oxygen atoms in total. The Bertz CT molecular complexity index is 653. The normalized spacial score (nSPS) is 12.9. The van der Waals surface area contributed by atoms with Crippen LogP contribution < -0.4 is 4.74 Å². The number of rotatable bonds is 2. The Hall–Kier alpha value is -1.40. The van der Waals surface area contributed by atoms with Gasteiger partial charge in [0.2, 0.25) is 0 Å². The van der Waals surface area contributed by atoms with Crippen molar-refractivity contribution in [2.24, 2.45) is 0 Å². The van der Waals surface area contributed by atoms with Crippen LogP contribution in [-0.2, 0) is 11.2 Å². The van der Waals surface area contributed by atoms with Crippen molar-refractivity contribution in [3.05, 3.63) is 33.4 Å². The molecule has 0 radical (unpaired) electrons. The summed E-state index contributed by atoms with van der Waals surface area (Å²) < 4.78 is 10.9. The van der Waals surface area contributed by atoms with Crippen LogP contribution in [0.5, 0.6) is 5.75 Å². The topological polar surface area (TPSA) is 48.4 Å². The molecule has 1 aliphatic heterocycles. The van der Waals surface area contributed by atoms with Gasteiger partial charge < -0.3 is 9.47 Å². The Balaban J connectivity index is 2.09. The molecule has 0 N–H and O–H groups in total. The third-order valence-corrected chi connectivity index (χ3v) is 4.49. The second-order valence-electron chi connectivity index (χ2n) is 4.06. The van der Waals surface area contributed by atoms with E-state index in [9.17, 15) is 4.79 Å². The van der Waals surface area contributed by atoms with E-state index in [0.29, 0.717) is 9.61 Å². The standard InChI is InChI=1S/C13H10BrNO3S/c1-17-12(16)10-11(19-13(14)15-10)8-2-3-9-7(6-8)4-5-18-9/h2-3,6H,4-5H2,1H3. The first kappa shape index (κ1) is 12.6. The zero-order chi connectivity index (χ0) is 13.4. The smallest absolute Gasteiger partial charge is 0.358 e. The monoisotopic (exact) mass is 339 g/mol. The number of thiazole rings is 1. The van der Waals surface area contributed by atoms with Gasteiger partial charge in [-0.2, -0.15) is 0 Å². The zero-order valence-corrected chi connectivity index (χ0v) is 12.5. The Labute approximate surface area is 122 Å². The lowest BCUT2D eigenvalue weighted by atomic mass is 10.1. The zero-order valence-electron chi connectivity index (χ0n) is 10.1. The highest BCUT2D eigenvalue weighted by Crippen LogP contribution is 2.36. The summed E-state index contributed by atoms with van der Waals surface area (Å²) in [5, 5.41) is 0. The lowest BCUT2D eigenvalue weighted by Gasteiger charge is -2.03. The van der Waals surface area contributed by atoms with Crippen LogP contribution in [0.4, 0.5) is 0 Å². The van der Waals surface area contributed by atoms with E-state index in [1.54, 1.807) is 0 Å². The average molecular weight is 340 g/mol. The summed E-state index contributed by atoms with van der Waals surface area (Å²) in [6.07, 6.45) is 0.900. The van der Waals surface area contributed by atoms with Crippen LogP contribution in [0.25, 0.3) is 10.4 Å². The Morgan fingerprint density at radius 2 is 2.37 bits per heavy atom. The SMILES string of the molecule is COC(=O)c1nc(Br)sc1-c1ccc2c(c1)CCO2. The maximum atomic E-state index is 11.7. The summed E-state index contributed by atoms with van der Waals surface area (Å²) in [6.45, 7) is 0.717. The Morgan fingerprint density at radius 1 is 1.53 bits per heavy atom. The van der Waals surface area contributed by atoms with Crippen molar-refractivity contribution >= 4 is 33.2 Å². The molecule has 0 atom stereocenters. The van der Waals surface area contributed by atoms with Gasteiger partial charge in [0.05, 0.1) is 18.6 Å². The molecule has 0 fully saturated rings. The van der Waals surface area contributed by atoms with Gasteiger partial charge in [0, 0.05) is 6.42 Å². The van der Waals surface area contributed by atoms with Gasteiger partial charge in [0.15, 0.2) is 9.61 Å². The maximum Gasteiger partial charge on any atom is 0.358 e. The van der Waals surface area contributed by atoms with Gasteiger partial charge in [0.25, 0.3) is 0 Å². The van der Waals surface area contributed by atoms with Crippen LogP contribution in [0.3, 0.4) is 0 Å². The van der Waals surface area contributed by atoms with Crippen molar-refractivity contribution in [3.8, 4) is 16.2 Å². The molecule has 6 heteroatoms. The molecule has 1 aromatic carbocycles. The predicted molar refractivity (Wildman–Crippen MR) is 75.8 cm³/mol. The second-order valence-corrected chi connectivity index (χ2v) is 6.33. The van der Waals surface area contributed by atoms with Gasteiger partial charge in [0.1, 0.15) is 5.75 Å². The van der Waals surface area contributed by atoms with Crippen molar-refractivity contribution in [2.45, 2.75) is 6.42 Å². The van der Waals surface area contributed by atoms with Crippen LogP contribution in [0.2, 0.25) is 0 Å². The molecule has 1 aromatic heterocycles. The number of hydrogen-bond acceptors (Lipinski definition) is 5. The second kappa shape index (κ2) is 4.94. The largest absolute Gasteiger partial charge is 0.493 e. The number of hydrogen-bond donors (Lipinski definition) is 0. The van der Waals surface area contributed by atoms with Crippen molar-refractivity contribution < 1.29 is 14.3 Å². The Kier molecular flexibility index (Phi) is 3.28. The molecule has 2 heterocycles. The minimum Gasteiger partial charge on any atom is -0.493 e. The van der Waals surface area contributed by atoms with Gasteiger partial charge in [-0.15, -0.1) is 11.3 Å². The first-order valence-electron chi connectivity index (χ1n) is 5.70. The third kappa shape index (κ3) is 2.26. The van der Waals surface area contributed by atoms with E-state index in [0.717, 1.165) is 34.8 Å². The van der Waals surface area contributed by atoms with Crippen LogP contribution in [-0.4, -0.2) is 24.7 Å². The van der Waals surface area contributed by atoms with E-state index < -0.39 is 5.97 Å². The molecule has 0 spiro atoms. The van der Waals surface area contributed by atoms with E-state index in [1.807, 2.05) is 12.1 Å². The maximum absolute atomic E-state index is 11.7. The molecule has 98 valence electrons. The molecule has 3 rings (SSSR count). The van der Waals surface area contributed by atoms with Crippen LogP contribution in [0.1, 0.15) is 16.1 Å². The average Bonchev–Trinajstić information content (AvgIpc) is 3.02. The van der Waals surface area contributed by atoms with Gasteiger partial charge >= 0.3 is 5.97 Å². The van der Waals surface area contributed by atoms with Gasteiger partial charge in [-0.05, 0) is 45.3 Å². The summed E-state index contributed by atoms with van der Waals surface area (Å²) in [7, 11) is 1.36. The highest BCUT2D eigenvalue weighted by atomic mass is 79.9. The Morgan fingerprint density at radius 3 is 3.16 bits per heavy atom. The molecule has 0 unspecified atom stereocenters. The molecular weight excluding hydrogens is 330 g/mol. The number of carbonyl (C=O) groups excluding carboxylic acids is 1.